The van der Waals surface area contributed by atoms with Crippen molar-refractivity contribution in [1.29, 1.82) is 0 Å². The Morgan fingerprint density at radius 2 is 1.06 bits per heavy atom. The zero-order valence-electron chi connectivity index (χ0n) is 43.2. The van der Waals surface area contributed by atoms with Gasteiger partial charge in [-0.15, -0.1) is 0 Å². The molecule has 2 saturated heterocycles. The van der Waals surface area contributed by atoms with E-state index in [-0.39, 0.29) is 117 Å². The van der Waals surface area contributed by atoms with Crippen molar-refractivity contribution in [3.05, 3.63) is 109 Å². The zero-order valence-corrected chi connectivity index (χ0v) is 43.2. The number of methoxy groups -OCH3 is 2. The topological polar surface area (TPSA) is 337 Å². The zero-order chi connectivity index (χ0) is 55.6. The number of carbonyl (C=O) groups is 6. The molecule has 10 rings (SSSR count). The monoisotopic (exact) mass is 1070 g/mol. The number of aliphatic hydroxyl groups excluding tert-OH is 4. The van der Waals surface area contributed by atoms with E-state index in [4.69, 9.17) is 34.2 Å². The molecule has 0 radical (unpaired) electrons. The Kier molecular flexibility index (Phi) is 15.6. The van der Waals surface area contributed by atoms with Gasteiger partial charge in [0.25, 0.3) is 0 Å². The molecule has 77 heavy (non-hydrogen) atoms. The quantitative estimate of drug-likeness (QED) is 0.0842. The van der Waals surface area contributed by atoms with Gasteiger partial charge >= 0.3 is 0 Å². The maximum absolute atomic E-state index is 13.7. The van der Waals surface area contributed by atoms with Gasteiger partial charge in [0, 0.05) is 70.1 Å². The average Bonchev–Trinajstić information content (AvgIpc) is 3.50. The van der Waals surface area contributed by atoms with E-state index in [1.165, 1.54) is 26.4 Å². The molecule has 0 unspecified atom stereocenters. The van der Waals surface area contributed by atoms with Crippen LogP contribution < -0.4 is 20.5 Å². The first-order chi connectivity index (χ1) is 36.7. The van der Waals surface area contributed by atoms with E-state index in [9.17, 15) is 64.5 Å². The van der Waals surface area contributed by atoms with E-state index < -0.39 is 126 Å². The molecular weight excluding hydrogens is 1000 g/mol. The second-order valence-corrected chi connectivity index (χ2v) is 20.4. The second-order valence-electron chi connectivity index (χ2n) is 20.4. The number of nitrogens with two attached hydrogens (primary N) is 1. The van der Waals surface area contributed by atoms with Crippen LogP contribution in [0.15, 0.2) is 36.4 Å². The number of fused-ring (bicyclic) bond motifs is 6. The Balaban J connectivity index is 0.000000188. The number of phenolic OH excluding ortho intramolecular Hbond substituents is 3. The number of rotatable bonds is 11. The second kappa shape index (κ2) is 21.7. The van der Waals surface area contributed by atoms with Gasteiger partial charge in [0.05, 0.1) is 78.7 Å². The Morgan fingerprint density at radius 3 is 1.55 bits per heavy atom. The van der Waals surface area contributed by atoms with Crippen molar-refractivity contribution in [2.24, 2.45) is 17.6 Å². The highest BCUT2D eigenvalue weighted by Crippen LogP contribution is 2.53. The minimum atomic E-state index is -1.03. The standard InChI is InChI=1S/C28H31NO10.C28H31NO9/c1-11-24(32)15(29-2)9-19(38-11)39-18-8-12(16(31)10-30)7-14-21(18)28(36)23-22(26(14)34)25(33)13-5-4-6-17(37-3)20(13)27(23)35;1-11-15-7-13(17(31)10-30)8-19(38-20-9-16(29)25(32)12(2)37-20)23(15)28(35)24-21(11)26(33)14-5-4-6-18(36-3)22(14)27(24)34/h4-6,11-12,15,18-19,24,29-30,32,34,36H,7-10H2,1-3H3;4-6,12-13,16,19-20,25,30,32,35H,7-10,29H2,1-3H3/t11-,12+,15-,18-,19-,24-;12-,13+,16-,19-,20-,25-/m00/s1. The summed E-state index contributed by atoms with van der Waals surface area (Å²) in [6.45, 7) is 3.63. The first-order valence-corrected chi connectivity index (χ1v) is 25.4. The van der Waals surface area contributed by atoms with Crippen molar-refractivity contribution < 1.29 is 92.9 Å². The lowest BCUT2D eigenvalue weighted by atomic mass is 9.72. The molecule has 21 nitrogen and oxygen atoms in total. The van der Waals surface area contributed by atoms with Gasteiger partial charge in [0.1, 0.15) is 42.0 Å². The van der Waals surface area contributed by atoms with Crippen LogP contribution in [0.25, 0.3) is 0 Å². The fourth-order valence-corrected chi connectivity index (χ4v) is 12.0. The van der Waals surface area contributed by atoms with Crippen LogP contribution in [0.2, 0.25) is 0 Å². The van der Waals surface area contributed by atoms with Crippen molar-refractivity contribution >= 4 is 34.7 Å². The predicted octanol–water partition coefficient (Wildman–Crippen LogP) is 2.64. The number of Topliss-reactive ketones (excluding diaryl/α,β-unsaturated/α-hetero) is 2. The van der Waals surface area contributed by atoms with E-state index >= 15 is 0 Å². The van der Waals surface area contributed by atoms with Crippen molar-refractivity contribution in [2.75, 3.05) is 34.5 Å². The molecule has 2 aliphatic heterocycles. The molecule has 4 aliphatic carbocycles. The molecule has 12 atom stereocenters. The summed E-state index contributed by atoms with van der Waals surface area (Å²) in [4.78, 5) is 79.8. The third kappa shape index (κ3) is 9.40. The number of likely N-dealkylation sites (N-methyl/N-ethyl adjacent to an activating group) is 1. The number of hydrogen-bond donors (Lipinski definition) is 9. The third-order valence-corrected chi connectivity index (χ3v) is 16.1. The van der Waals surface area contributed by atoms with Crippen LogP contribution in [0.4, 0.5) is 0 Å². The highest BCUT2D eigenvalue weighted by Gasteiger charge is 2.47. The molecular formula is C56H62N2O19. The van der Waals surface area contributed by atoms with Crippen LogP contribution in [0.1, 0.15) is 143 Å². The minimum Gasteiger partial charge on any atom is -0.507 e. The van der Waals surface area contributed by atoms with Crippen molar-refractivity contribution in [3.8, 4) is 28.7 Å². The molecule has 0 saturated carbocycles. The van der Waals surface area contributed by atoms with Gasteiger partial charge in [-0.25, -0.2) is 0 Å². The summed E-state index contributed by atoms with van der Waals surface area (Å²) < 4.78 is 34.8. The molecule has 2 fully saturated rings. The minimum absolute atomic E-state index is 0.0225. The summed E-state index contributed by atoms with van der Waals surface area (Å²) in [5.74, 6) is -5.72. The maximum Gasteiger partial charge on any atom is 0.202 e. The number of phenols is 3. The van der Waals surface area contributed by atoms with Crippen LogP contribution in [-0.4, -0.2) is 154 Å². The molecule has 0 bridgehead atoms. The molecule has 4 aromatic rings. The van der Waals surface area contributed by atoms with Crippen LogP contribution in [0.5, 0.6) is 28.7 Å². The highest BCUT2D eigenvalue weighted by molar-refractivity contribution is 6.32. The van der Waals surface area contributed by atoms with Crippen LogP contribution in [0, 0.1) is 18.8 Å². The largest absolute Gasteiger partial charge is 0.507 e. The third-order valence-electron chi connectivity index (χ3n) is 16.1. The first kappa shape index (κ1) is 55.3. The normalized spacial score (nSPS) is 28.1. The summed E-state index contributed by atoms with van der Waals surface area (Å²) >= 11 is 0. The van der Waals surface area contributed by atoms with E-state index in [0.29, 0.717) is 16.7 Å². The lowest BCUT2D eigenvalue weighted by Gasteiger charge is -2.41. The maximum atomic E-state index is 13.7. The van der Waals surface area contributed by atoms with Gasteiger partial charge in [0.2, 0.25) is 11.6 Å². The highest BCUT2D eigenvalue weighted by atomic mass is 16.7. The fraction of sp³-hybridized carbons (Fsp3) is 0.464. The van der Waals surface area contributed by atoms with Crippen LogP contribution in [-0.2, 0) is 41.4 Å². The summed E-state index contributed by atoms with van der Waals surface area (Å²) in [5, 5.41) is 77.2. The fourth-order valence-electron chi connectivity index (χ4n) is 12.0. The number of nitrogens with one attached hydrogen (secondary N) is 1. The molecule has 0 spiro atoms. The molecule has 4 aromatic carbocycles. The first-order valence-electron chi connectivity index (χ1n) is 25.4. The SMILES string of the molecule is CN[C@H]1C[C@H](O[C@H]2C[C@H](C(=O)CO)Cc3c(O)c4c(c(O)c32)C(=O)c2c(OC)cccc2C4=O)O[C@@H](C)[C@@H]1O.COc1cccc2c1C(=O)c1c(O)c3c(c(C)c1C2=O)C[C@@H](C(=O)CO)C[C@@H]3O[C@H]1C[C@H](N)[C@@H](O)[C@H](C)O1. The lowest BCUT2D eigenvalue weighted by molar-refractivity contribution is -0.245. The average molecular weight is 1070 g/mol. The van der Waals surface area contributed by atoms with Gasteiger partial charge in [-0.05, 0) is 76.8 Å². The number of hydrogen-bond acceptors (Lipinski definition) is 21. The Bertz CT molecular complexity index is 3090. The van der Waals surface area contributed by atoms with Crippen LogP contribution in [0.3, 0.4) is 0 Å². The number of ether oxygens (including phenoxy) is 6. The van der Waals surface area contributed by atoms with Gasteiger partial charge in [-0.1, -0.05) is 24.3 Å². The molecule has 410 valence electrons. The molecule has 0 amide bonds. The van der Waals surface area contributed by atoms with E-state index in [1.807, 2.05) is 0 Å². The number of aromatic hydroxyl groups is 3. The van der Waals surface area contributed by atoms with Gasteiger partial charge in [-0.3, -0.25) is 28.8 Å². The predicted molar refractivity (Wildman–Crippen MR) is 269 cm³/mol. The molecule has 6 aliphatic rings. The van der Waals surface area contributed by atoms with Crippen molar-refractivity contribution in [2.45, 2.75) is 121 Å². The molecule has 10 N–H and O–H groups in total. The number of aliphatic hydroxyl groups is 4. The van der Waals surface area contributed by atoms with E-state index in [0.717, 1.165) is 0 Å². The number of benzene rings is 4. The summed E-state index contributed by atoms with van der Waals surface area (Å²) in [7, 11) is 4.45. The van der Waals surface area contributed by atoms with E-state index in [2.05, 4.69) is 5.32 Å². The van der Waals surface area contributed by atoms with Gasteiger partial charge in [0.15, 0.2) is 35.7 Å². The number of carbonyl (C=O) groups excluding carboxylic acids is 6. The summed E-state index contributed by atoms with van der Waals surface area (Å²) in [6, 6.07) is 8.28. The van der Waals surface area contributed by atoms with E-state index in [1.54, 1.807) is 52.1 Å². The Morgan fingerprint density at radius 1 is 0.623 bits per heavy atom. The molecule has 21 heteroatoms. The Hall–Kier alpha value is -6.50. The van der Waals surface area contributed by atoms with Crippen molar-refractivity contribution in [1.82, 2.24) is 5.32 Å². The molecule has 2 heterocycles. The van der Waals surface area contributed by atoms with Crippen molar-refractivity contribution in [3.63, 3.8) is 0 Å². The van der Waals surface area contributed by atoms with Crippen LogP contribution >= 0.6 is 0 Å². The Labute approximate surface area is 441 Å². The summed E-state index contributed by atoms with van der Waals surface area (Å²) in [6.07, 6.45) is -5.86. The van der Waals surface area contributed by atoms with Gasteiger partial charge in [-0.2, -0.15) is 0 Å². The lowest BCUT2D eigenvalue weighted by Crippen LogP contribution is -2.53. The molecule has 0 aromatic heterocycles. The summed E-state index contributed by atoms with van der Waals surface area (Å²) in [5.41, 5.74) is 7.01. The smallest absolute Gasteiger partial charge is 0.202 e. The number of ketones is 6. The van der Waals surface area contributed by atoms with Gasteiger partial charge < -0.3 is 75.2 Å².